The number of methoxy groups -OCH3 is 2. The summed E-state index contributed by atoms with van der Waals surface area (Å²) in [6.45, 7) is 3.44. The molecule has 2 aromatic rings. The Morgan fingerprint density at radius 2 is 1.85 bits per heavy atom. The third-order valence-corrected chi connectivity index (χ3v) is 3.92. The first-order valence-corrected chi connectivity index (χ1v) is 8.08. The Morgan fingerprint density at radius 1 is 1.15 bits per heavy atom. The number of aromatic nitrogens is 1. The molecule has 0 bridgehead atoms. The Morgan fingerprint density at radius 3 is 2.42 bits per heavy atom. The topological polar surface area (TPSA) is 97.8 Å². The summed E-state index contributed by atoms with van der Waals surface area (Å²) in [5.41, 5.74) is 1.56. The molecule has 26 heavy (non-hydrogen) atoms. The number of benzene rings is 1. The maximum atomic E-state index is 12.3. The average molecular weight is 358 g/mol. The number of carboxylic acids is 1. The lowest BCUT2D eigenvalue weighted by molar-refractivity contribution is 0.0694. The van der Waals surface area contributed by atoms with Crippen molar-refractivity contribution in [3.05, 3.63) is 52.8 Å². The van der Waals surface area contributed by atoms with E-state index in [4.69, 9.17) is 14.6 Å². The highest BCUT2D eigenvalue weighted by Crippen LogP contribution is 2.28. The third-order valence-electron chi connectivity index (χ3n) is 3.92. The van der Waals surface area contributed by atoms with Crippen molar-refractivity contribution in [3.8, 4) is 11.5 Å². The number of nitrogens with one attached hydrogen (secondary N) is 1. The van der Waals surface area contributed by atoms with E-state index in [1.807, 2.05) is 25.1 Å². The molecule has 0 saturated carbocycles. The summed E-state index contributed by atoms with van der Waals surface area (Å²) in [5, 5.41) is 11.9. The van der Waals surface area contributed by atoms with Crippen molar-refractivity contribution in [1.29, 1.82) is 0 Å². The van der Waals surface area contributed by atoms with Gasteiger partial charge in [0.2, 0.25) is 0 Å². The molecule has 0 spiro atoms. The molecular formula is C19H22N2O5. The second-order valence-corrected chi connectivity index (χ2v) is 5.90. The van der Waals surface area contributed by atoms with Crippen LogP contribution < -0.4 is 14.8 Å². The lowest BCUT2D eigenvalue weighted by Crippen LogP contribution is -2.34. The number of carbonyl (C=O) groups is 2. The summed E-state index contributed by atoms with van der Waals surface area (Å²) in [5.74, 6) is -0.141. The fourth-order valence-electron chi connectivity index (χ4n) is 2.62. The van der Waals surface area contributed by atoms with Gasteiger partial charge in [-0.3, -0.25) is 4.79 Å². The minimum atomic E-state index is -1.07. The van der Waals surface area contributed by atoms with Gasteiger partial charge in [0.25, 0.3) is 5.91 Å². The monoisotopic (exact) mass is 358 g/mol. The molecule has 1 atom stereocenters. The first-order chi connectivity index (χ1) is 12.3. The number of aromatic carboxylic acids is 1. The van der Waals surface area contributed by atoms with E-state index in [2.05, 4.69) is 10.3 Å². The molecule has 0 saturated heterocycles. The van der Waals surface area contributed by atoms with E-state index in [0.717, 1.165) is 5.56 Å². The number of aryl methyl sites for hydroxylation is 1. The van der Waals surface area contributed by atoms with Gasteiger partial charge >= 0.3 is 5.97 Å². The summed E-state index contributed by atoms with van der Waals surface area (Å²) in [4.78, 5) is 27.4. The molecule has 1 amide bonds. The normalized spacial score (nSPS) is 11.5. The van der Waals surface area contributed by atoms with Crippen molar-refractivity contribution in [2.24, 2.45) is 0 Å². The summed E-state index contributed by atoms with van der Waals surface area (Å²) in [7, 11) is 3.15. The van der Waals surface area contributed by atoms with E-state index in [0.29, 0.717) is 23.6 Å². The number of amides is 1. The van der Waals surface area contributed by atoms with Crippen LogP contribution >= 0.6 is 0 Å². The molecule has 0 aliphatic carbocycles. The van der Waals surface area contributed by atoms with Gasteiger partial charge < -0.3 is 19.9 Å². The summed E-state index contributed by atoms with van der Waals surface area (Å²) >= 11 is 0. The van der Waals surface area contributed by atoms with Gasteiger partial charge in [0.05, 0.1) is 25.5 Å². The minimum Gasteiger partial charge on any atom is -0.493 e. The molecule has 0 aliphatic heterocycles. The van der Waals surface area contributed by atoms with Crippen molar-refractivity contribution in [2.75, 3.05) is 14.2 Å². The molecule has 7 heteroatoms. The van der Waals surface area contributed by atoms with Gasteiger partial charge in [0.1, 0.15) is 5.69 Å². The first-order valence-electron chi connectivity index (χ1n) is 8.08. The van der Waals surface area contributed by atoms with E-state index in [9.17, 15) is 9.59 Å². The number of hydrogen-bond acceptors (Lipinski definition) is 5. The zero-order valence-corrected chi connectivity index (χ0v) is 15.2. The van der Waals surface area contributed by atoms with Crippen molar-refractivity contribution in [1.82, 2.24) is 10.3 Å². The molecule has 1 aromatic heterocycles. The van der Waals surface area contributed by atoms with Crippen LogP contribution in [0.5, 0.6) is 11.5 Å². The number of rotatable bonds is 7. The van der Waals surface area contributed by atoms with Gasteiger partial charge in [-0.1, -0.05) is 6.07 Å². The lowest BCUT2D eigenvalue weighted by atomic mass is 10.1. The third kappa shape index (κ3) is 4.50. The van der Waals surface area contributed by atoms with Crippen molar-refractivity contribution < 1.29 is 24.2 Å². The summed E-state index contributed by atoms with van der Waals surface area (Å²) in [6.07, 6.45) is 0.596. The Hall–Kier alpha value is -3.09. The zero-order valence-electron chi connectivity index (χ0n) is 15.2. The SMILES string of the molecule is COc1ccc(CC(C)NC(=O)c2ccc(C(=O)O)c(C)n2)cc1OC. The molecule has 138 valence electrons. The minimum absolute atomic E-state index is 0.0833. The number of carboxylic acid groups (broad SMARTS) is 1. The van der Waals surface area contributed by atoms with Gasteiger partial charge in [-0.25, -0.2) is 9.78 Å². The number of carbonyl (C=O) groups excluding carboxylic acids is 1. The van der Waals surface area contributed by atoms with Crippen LogP contribution in [0.2, 0.25) is 0 Å². The van der Waals surface area contributed by atoms with Crippen LogP contribution in [0.4, 0.5) is 0 Å². The second kappa shape index (κ2) is 8.33. The molecule has 2 N–H and O–H groups in total. The highest BCUT2D eigenvalue weighted by Gasteiger charge is 2.15. The van der Waals surface area contributed by atoms with Crippen molar-refractivity contribution in [2.45, 2.75) is 26.3 Å². The lowest BCUT2D eigenvalue weighted by Gasteiger charge is -2.15. The number of hydrogen-bond donors (Lipinski definition) is 2. The predicted octanol–water partition coefficient (Wildman–Crippen LogP) is 2.47. The average Bonchev–Trinajstić information content (AvgIpc) is 2.60. The first kappa shape index (κ1) is 19.2. The molecule has 1 aromatic carbocycles. The van der Waals surface area contributed by atoms with Crippen molar-refractivity contribution in [3.63, 3.8) is 0 Å². The van der Waals surface area contributed by atoms with Gasteiger partial charge in [0.15, 0.2) is 11.5 Å². The van der Waals surface area contributed by atoms with Crippen LogP contribution in [0.15, 0.2) is 30.3 Å². The fraction of sp³-hybridized carbons (Fsp3) is 0.316. The van der Waals surface area contributed by atoms with Crippen molar-refractivity contribution >= 4 is 11.9 Å². The summed E-state index contributed by atoms with van der Waals surface area (Å²) < 4.78 is 10.5. The van der Waals surface area contributed by atoms with Crippen LogP contribution in [-0.4, -0.2) is 42.2 Å². The van der Waals surface area contributed by atoms with Gasteiger partial charge in [-0.2, -0.15) is 0 Å². The Balaban J connectivity index is 2.05. The maximum absolute atomic E-state index is 12.3. The van der Waals surface area contributed by atoms with E-state index in [-0.39, 0.29) is 23.2 Å². The molecule has 1 unspecified atom stereocenters. The predicted molar refractivity (Wildman–Crippen MR) is 96.1 cm³/mol. The van der Waals surface area contributed by atoms with E-state index in [1.54, 1.807) is 21.1 Å². The largest absolute Gasteiger partial charge is 0.493 e. The Kier molecular flexibility index (Phi) is 6.16. The molecule has 0 fully saturated rings. The fourth-order valence-corrected chi connectivity index (χ4v) is 2.62. The molecule has 2 rings (SSSR count). The van der Waals surface area contributed by atoms with E-state index < -0.39 is 5.97 Å². The van der Waals surface area contributed by atoms with Crippen LogP contribution in [0.25, 0.3) is 0 Å². The Labute approximate surface area is 152 Å². The van der Waals surface area contributed by atoms with E-state index in [1.165, 1.54) is 12.1 Å². The highest BCUT2D eigenvalue weighted by molar-refractivity contribution is 5.94. The van der Waals surface area contributed by atoms with Gasteiger partial charge in [0, 0.05) is 6.04 Å². The van der Waals surface area contributed by atoms with Crippen LogP contribution in [0.1, 0.15) is 39.0 Å². The molecule has 0 aliphatic rings. The molecule has 7 nitrogen and oxygen atoms in total. The smallest absolute Gasteiger partial charge is 0.337 e. The molecule has 0 radical (unpaired) electrons. The van der Waals surface area contributed by atoms with Crippen LogP contribution in [0, 0.1) is 6.92 Å². The highest BCUT2D eigenvalue weighted by atomic mass is 16.5. The van der Waals surface area contributed by atoms with Gasteiger partial charge in [-0.05, 0) is 50.1 Å². The molecular weight excluding hydrogens is 336 g/mol. The Bertz CT molecular complexity index is 820. The maximum Gasteiger partial charge on any atom is 0.337 e. The number of nitrogens with zero attached hydrogens (tertiary/aromatic N) is 1. The standard InChI is InChI=1S/C19H22N2O5/c1-11(9-13-5-8-16(25-3)17(10-13)26-4)20-18(22)15-7-6-14(19(23)24)12(2)21-15/h5-8,10-11H,9H2,1-4H3,(H,20,22)(H,23,24). The number of pyridine rings is 1. The second-order valence-electron chi connectivity index (χ2n) is 5.90. The van der Waals surface area contributed by atoms with Crippen LogP contribution in [0.3, 0.4) is 0 Å². The quantitative estimate of drug-likeness (QED) is 0.789. The van der Waals surface area contributed by atoms with Gasteiger partial charge in [-0.15, -0.1) is 0 Å². The van der Waals surface area contributed by atoms with E-state index >= 15 is 0 Å². The zero-order chi connectivity index (χ0) is 19.3. The molecule has 1 heterocycles. The van der Waals surface area contributed by atoms with Crippen LogP contribution in [-0.2, 0) is 6.42 Å². The summed E-state index contributed by atoms with van der Waals surface area (Å²) in [6, 6.07) is 8.24. The number of ether oxygens (including phenoxy) is 2.